The molecule has 1 aliphatic heterocycles. The van der Waals surface area contributed by atoms with E-state index in [0.717, 1.165) is 10.9 Å². The Balaban J connectivity index is 2.05. The lowest BCUT2D eigenvalue weighted by atomic mass is 10.2. The zero-order valence-electron chi connectivity index (χ0n) is 10.7. The average molecular weight is 329 g/mol. The molecule has 104 valence electrons. The number of carbonyl (C=O) groups excluding carboxylic acids is 1. The van der Waals surface area contributed by atoms with Crippen LogP contribution < -0.4 is 15.8 Å². The maximum Gasteiger partial charge on any atom is 0.253 e. The van der Waals surface area contributed by atoms with Gasteiger partial charge in [-0.15, -0.1) is 0 Å². The zero-order valence-corrected chi connectivity index (χ0v) is 12.3. The van der Waals surface area contributed by atoms with Crippen molar-refractivity contribution in [1.29, 1.82) is 0 Å². The zero-order chi connectivity index (χ0) is 13.8. The van der Waals surface area contributed by atoms with Crippen LogP contribution in [-0.4, -0.2) is 31.8 Å². The summed E-state index contributed by atoms with van der Waals surface area (Å²) < 4.78 is 11.6. The molecule has 1 aromatic rings. The molecule has 1 aliphatic rings. The van der Waals surface area contributed by atoms with Gasteiger partial charge < -0.3 is 20.5 Å². The highest BCUT2D eigenvalue weighted by Gasteiger charge is 2.30. The molecule has 5 nitrogen and oxygen atoms in total. The Kier molecular flexibility index (Phi) is 4.79. The van der Waals surface area contributed by atoms with Crippen molar-refractivity contribution in [3.63, 3.8) is 0 Å². The van der Waals surface area contributed by atoms with Crippen LogP contribution in [0, 0.1) is 0 Å². The Bertz CT molecular complexity index is 467. The fourth-order valence-corrected chi connectivity index (χ4v) is 2.42. The average Bonchev–Trinajstić information content (AvgIpc) is 2.88. The number of hydrogen-bond donors (Lipinski definition) is 2. The largest absolute Gasteiger partial charge is 0.495 e. The molecular formula is C13H17BrN2O3. The lowest BCUT2D eigenvalue weighted by Crippen LogP contribution is -2.29. The molecule has 6 heteroatoms. The number of methoxy groups -OCH3 is 1. The van der Waals surface area contributed by atoms with Gasteiger partial charge in [0.25, 0.3) is 5.91 Å². The van der Waals surface area contributed by atoms with E-state index in [9.17, 15) is 4.79 Å². The summed E-state index contributed by atoms with van der Waals surface area (Å²) in [4.78, 5) is 12.1. The molecule has 1 saturated heterocycles. The van der Waals surface area contributed by atoms with Crippen molar-refractivity contribution in [2.24, 2.45) is 5.73 Å². The standard InChI is InChI=1S/C13H17BrN2O3/c1-18-11-4-2-8(14)6-10(11)16-13(17)12-5-3-9(7-15)19-12/h2,4,6,9,12H,3,5,7,15H2,1H3,(H,16,17). The summed E-state index contributed by atoms with van der Waals surface area (Å²) in [7, 11) is 1.56. The van der Waals surface area contributed by atoms with Crippen LogP contribution in [0.3, 0.4) is 0 Å². The van der Waals surface area contributed by atoms with Crippen molar-refractivity contribution < 1.29 is 14.3 Å². The molecule has 1 heterocycles. The Hall–Kier alpha value is -1.11. The van der Waals surface area contributed by atoms with Gasteiger partial charge in [-0.25, -0.2) is 0 Å². The third-order valence-electron chi connectivity index (χ3n) is 3.08. The molecule has 2 atom stereocenters. The molecule has 0 aromatic heterocycles. The Morgan fingerprint density at radius 2 is 2.37 bits per heavy atom. The first-order valence-electron chi connectivity index (χ1n) is 6.14. The van der Waals surface area contributed by atoms with E-state index in [0.29, 0.717) is 24.4 Å². The van der Waals surface area contributed by atoms with Gasteiger partial charge >= 0.3 is 0 Å². The van der Waals surface area contributed by atoms with Gasteiger partial charge in [0.05, 0.1) is 18.9 Å². The first-order valence-corrected chi connectivity index (χ1v) is 6.93. The fraction of sp³-hybridized carbons (Fsp3) is 0.462. The van der Waals surface area contributed by atoms with Crippen molar-refractivity contribution >= 4 is 27.5 Å². The van der Waals surface area contributed by atoms with Crippen LogP contribution in [0.1, 0.15) is 12.8 Å². The summed E-state index contributed by atoms with van der Waals surface area (Å²) in [6, 6.07) is 5.44. The van der Waals surface area contributed by atoms with Gasteiger partial charge in [0.2, 0.25) is 0 Å². The van der Waals surface area contributed by atoms with Crippen LogP contribution in [0.25, 0.3) is 0 Å². The van der Waals surface area contributed by atoms with Gasteiger partial charge in [0.1, 0.15) is 11.9 Å². The van der Waals surface area contributed by atoms with E-state index in [1.165, 1.54) is 0 Å². The minimum Gasteiger partial charge on any atom is -0.495 e. The van der Waals surface area contributed by atoms with Crippen LogP contribution in [0.15, 0.2) is 22.7 Å². The molecule has 2 rings (SSSR count). The Morgan fingerprint density at radius 1 is 1.58 bits per heavy atom. The Labute approximate surface area is 120 Å². The molecule has 1 aromatic carbocycles. The van der Waals surface area contributed by atoms with E-state index in [-0.39, 0.29) is 12.0 Å². The second-order valence-corrected chi connectivity index (χ2v) is 5.31. The maximum absolute atomic E-state index is 12.1. The third kappa shape index (κ3) is 3.46. The van der Waals surface area contributed by atoms with Crippen LogP contribution in [0.2, 0.25) is 0 Å². The molecule has 19 heavy (non-hydrogen) atoms. The number of nitrogens with one attached hydrogen (secondary N) is 1. The van der Waals surface area contributed by atoms with E-state index in [1.54, 1.807) is 19.2 Å². The van der Waals surface area contributed by atoms with E-state index in [4.69, 9.17) is 15.2 Å². The monoisotopic (exact) mass is 328 g/mol. The highest BCUT2D eigenvalue weighted by molar-refractivity contribution is 9.10. The van der Waals surface area contributed by atoms with Gasteiger partial charge in [-0.3, -0.25) is 4.79 Å². The number of carbonyl (C=O) groups is 1. The summed E-state index contributed by atoms with van der Waals surface area (Å²) in [6.45, 7) is 0.448. The van der Waals surface area contributed by atoms with Crippen LogP contribution in [-0.2, 0) is 9.53 Å². The quantitative estimate of drug-likeness (QED) is 0.885. The molecular weight excluding hydrogens is 312 g/mol. The Morgan fingerprint density at radius 3 is 3.00 bits per heavy atom. The number of anilines is 1. The molecule has 0 radical (unpaired) electrons. The number of rotatable bonds is 4. The normalized spacial score (nSPS) is 22.3. The van der Waals surface area contributed by atoms with Crippen molar-refractivity contribution in [2.75, 3.05) is 19.0 Å². The summed E-state index contributed by atoms with van der Waals surface area (Å²) in [5.74, 6) is 0.456. The lowest BCUT2D eigenvalue weighted by Gasteiger charge is -2.14. The number of halogens is 1. The second-order valence-electron chi connectivity index (χ2n) is 4.39. The fourth-order valence-electron chi connectivity index (χ4n) is 2.06. The maximum atomic E-state index is 12.1. The van der Waals surface area contributed by atoms with E-state index in [2.05, 4.69) is 21.2 Å². The third-order valence-corrected chi connectivity index (χ3v) is 3.58. The topological polar surface area (TPSA) is 73.6 Å². The minimum absolute atomic E-state index is 0.0137. The predicted molar refractivity (Wildman–Crippen MR) is 76.3 cm³/mol. The molecule has 0 saturated carbocycles. The first kappa shape index (κ1) is 14.3. The van der Waals surface area contributed by atoms with Crippen LogP contribution >= 0.6 is 15.9 Å². The number of ether oxygens (including phenoxy) is 2. The minimum atomic E-state index is -0.433. The summed E-state index contributed by atoms with van der Waals surface area (Å²) in [6.07, 6.45) is 1.08. The van der Waals surface area contributed by atoms with Gasteiger partial charge in [0, 0.05) is 11.0 Å². The van der Waals surface area contributed by atoms with E-state index in [1.807, 2.05) is 6.07 Å². The molecule has 0 aliphatic carbocycles. The molecule has 1 amide bonds. The SMILES string of the molecule is COc1ccc(Br)cc1NC(=O)C1CCC(CN)O1. The molecule has 0 bridgehead atoms. The number of hydrogen-bond acceptors (Lipinski definition) is 4. The van der Waals surface area contributed by atoms with Crippen LogP contribution in [0.5, 0.6) is 5.75 Å². The van der Waals surface area contributed by atoms with Gasteiger partial charge in [0.15, 0.2) is 0 Å². The second kappa shape index (κ2) is 6.36. The lowest BCUT2D eigenvalue weighted by molar-refractivity contribution is -0.126. The number of nitrogens with two attached hydrogens (primary N) is 1. The van der Waals surface area contributed by atoms with Gasteiger partial charge in [-0.05, 0) is 31.0 Å². The van der Waals surface area contributed by atoms with E-state index >= 15 is 0 Å². The summed E-state index contributed by atoms with van der Waals surface area (Å²) in [5.41, 5.74) is 6.16. The highest BCUT2D eigenvalue weighted by Crippen LogP contribution is 2.29. The predicted octanol–water partition coefficient (Wildman–Crippen LogP) is 1.90. The first-order chi connectivity index (χ1) is 9.13. The number of amides is 1. The smallest absolute Gasteiger partial charge is 0.253 e. The molecule has 1 fully saturated rings. The summed E-state index contributed by atoms with van der Waals surface area (Å²) >= 11 is 3.37. The van der Waals surface area contributed by atoms with Crippen molar-refractivity contribution in [3.05, 3.63) is 22.7 Å². The van der Waals surface area contributed by atoms with Crippen molar-refractivity contribution in [3.8, 4) is 5.75 Å². The summed E-state index contributed by atoms with van der Waals surface area (Å²) in [5, 5.41) is 2.83. The van der Waals surface area contributed by atoms with Gasteiger partial charge in [-0.2, -0.15) is 0 Å². The van der Waals surface area contributed by atoms with Crippen LogP contribution in [0.4, 0.5) is 5.69 Å². The van der Waals surface area contributed by atoms with E-state index < -0.39 is 6.10 Å². The molecule has 3 N–H and O–H groups in total. The molecule has 2 unspecified atom stereocenters. The number of benzene rings is 1. The van der Waals surface area contributed by atoms with Crippen molar-refractivity contribution in [1.82, 2.24) is 0 Å². The van der Waals surface area contributed by atoms with Crippen molar-refractivity contribution in [2.45, 2.75) is 25.0 Å². The molecule has 0 spiro atoms. The highest BCUT2D eigenvalue weighted by atomic mass is 79.9. The van der Waals surface area contributed by atoms with Gasteiger partial charge in [-0.1, -0.05) is 15.9 Å².